The van der Waals surface area contributed by atoms with E-state index in [-0.39, 0.29) is 0 Å². The average Bonchev–Trinajstić information content (AvgIpc) is 2.64. The van der Waals surface area contributed by atoms with Gasteiger partial charge in [-0.3, -0.25) is 0 Å². The predicted octanol–water partition coefficient (Wildman–Crippen LogP) is 2.28. The second-order valence-corrected chi connectivity index (χ2v) is 4.88. The summed E-state index contributed by atoms with van der Waals surface area (Å²) in [6.45, 7) is 5.55. The highest BCUT2D eigenvalue weighted by Gasteiger charge is 2.16. The van der Waals surface area contributed by atoms with E-state index in [0.717, 1.165) is 18.4 Å². The molecule has 2 heteroatoms. The van der Waals surface area contributed by atoms with Crippen molar-refractivity contribution >= 4 is 0 Å². The Bertz CT molecular complexity index is 139. The van der Waals surface area contributed by atoms with Crippen molar-refractivity contribution in [3.63, 3.8) is 0 Å². The third kappa shape index (κ3) is 4.43. The Balaban J connectivity index is 2.12. The summed E-state index contributed by atoms with van der Waals surface area (Å²) in [5.41, 5.74) is 5.82. The van der Waals surface area contributed by atoms with E-state index in [1.807, 2.05) is 0 Å². The fraction of sp³-hybridized carbons (Fsp3) is 1.00. The molecule has 1 fully saturated rings. The highest BCUT2D eigenvalue weighted by atomic mass is 14.9. The molecule has 1 saturated carbocycles. The van der Waals surface area contributed by atoms with Crippen LogP contribution in [0.4, 0.5) is 0 Å². The first-order valence-corrected chi connectivity index (χ1v) is 6.21. The zero-order chi connectivity index (χ0) is 10.4. The molecule has 0 radical (unpaired) electrons. The highest BCUT2D eigenvalue weighted by molar-refractivity contribution is 4.75. The molecule has 1 rings (SSSR count). The van der Waals surface area contributed by atoms with E-state index in [1.165, 1.54) is 38.6 Å². The summed E-state index contributed by atoms with van der Waals surface area (Å²) in [6.07, 6.45) is 8.02. The fourth-order valence-corrected chi connectivity index (χ4v) is 2.38. The van der Waals surface area contributed by atoms with Gasteiger partial charge >= 0.3 is 0 Å². The molecule has 0 aromatic heterocycles. The minimum Gasteiger partial charge on any atom is -0.328 e. The van der Waals surface area contributed by atoms with Crippen LogP contribution < -0.4 is 11.1 Å². The van der Waals surface area contributed by atoms with E-state index in [1.54, 1.807) is 0 Å². The van der Waals surface area contributed by atoms with Gasteiger partial charge in [-0.2, -0.15) is 0 Å². The van der Waals surface area contributed by atoms with Crippen LogP contribution in [0.1, 0.15) is 52.4 Å². The smallest absolute Gasteiger partial charge is 0.00671 e. The molecule has 3 N–H and O–H groups in total. The van der Waals surface area contributed by atoms with Crippen LogP contribution in [0.3, 0.4) is 0 Å². The first kappa shape index (κ1) is 12.0. The Morgan fingerprint density at radius 3 is 2.50 bits per heavy atom. The molecule has 0 amide bonds. The number of nitrogens with one attached hydrogen (secondary N) is 1. The highest BCUT2D eigenvalue weighted by Crippen LogP contribution is 2.18. The molecule has 0 bridgehead atoms. The molecule has 0 aromatic carbocycles. The quantitative estimate of drug-likeness (QED) is 0.687. The van der Waals surface area contributed by atoms with Gasteiger partial charge in [-0.25, -0.2) is 0 Å². The summed E-state index contributed by atoms with van der Waals surface area (Å²) < 4.78 is 0. The van der Waals surface area contributed by atoms with Crippen LogP contribution in [-0.2, 0) is 0 Å². The normalized spacial score (nSPS) is 22.5. The average molecular weight is 198 g/mol. The molecule has 84 valence electrons. The third-order valence-electron chi connectivity index (χ3n) is 3.33. The fourth-order valence-electron chi connectivity index (χ4n) is 2.38. The van der Waals surface area contributed by atoms with Crippen LogP contribution in [0.25, 0.3) is 0 Å². The molecular weight excluding hydrogens is 172 g/mol. The summed E-state index contributed by atoms with van der Waals surface area (Å²) in [5.74, 6) is 0.774. The maximum atomic E-state index is 5.82. The first-order chi connectivity index (χ1) is 6.72. The molecule has 2 unspecified atom stereocenters. The lowest BCUT2D eigenvalue weighted by molar-refractivity contribution is 0.378. The third-order valence-corrected chi connectivity index (χ3v) is 3.33. The predicted molar refractivity (Wildman–Crippen MR) is 62.3 cm³/mol. The lowest BCUT2D eigenvalue weighted by atomic mass is 9.98. The van der Waals surface area contributed by atoms with Gasteiger partial charge in [0.25, 0.3) is 0 Å². The minimum absolute atomic E-state index is 0.352. The van der Waals surface area contributed by atoms with Crippen molar-refractivity contribution in [3.8, 4) is 0 Å². The van der Waals surface area contributed by atoms with E-state index in [0.29, 0.717) is 6.04 Å². The van der Waals surface area contributed by atoms with Gasteiger partial charge in [-0.1, -0.05) is 26.2 Å². The molecule has 0 saturated heterocycles. The molecule has 0 aromatic rings. The van der Waals surface area contributed by atoms with Crippen LogP contribution in [0.5, 0.6) is 0 Å². The van der Waals surface area contributed by atoms with Crippen molar-refractivity contribution < 1.29 is 0 Å². The molecule has 2 nitrogen and oxygen atoms in total. The van der Waals surface area contributed by atoms with Gasteiger partial charge in [-0.05, 0) is 38.6 Å². The summed E-state index contributed by atoms with van der Waals surface area (Å²) in [6, 6.07) is 1.16. The Hall–Kier alpha value is -0.0800. The maximum Gasteiger partial charge on any atom is 0.00671 e. The van der Waals surface area contributed by atoms with Gasteiger partial charge in [0, 0.05) is 12.1 Å². The van der Waals surface area contributed by atoms with Gasteiger partial charge in [0.15, 0.2) is 0 Å². The van der Waals surface area contributed by atoms with Crippen molar-refractivity contribution in [2.45, 2.75) is 64.5 Å². The summed E-state index contributed by atoms with van der Waals surface area (Å²) in [7, 11) is 0. The SMILES string of the molecule is CCC(CNC1CCCC1)CC(C)N. The van der Waals surface area contributed by atoms with Gasteiger partial charge in [0.1, 0.15) is 0 Å². The van der Waals surface area contributed by atoms with E-state index in [2.05, 4.69) is 19.2 Å². The largest absolute Gasteiger partial charge is 0.328 e. The zero-order valence-corrected chi connectivity index (χ0v) is 9.76. The minimum atomic E-state index is 0.352. The Morgan fingerprint density at radius 1 is 1.36 bits per heavy atom. The van der Waals surface area contributed by atoms with Crippen molar-refractivity contribution in [3.05, 3.63) is 0 Å². The van der Waals surface area contributed by atoms with Crippen molar-refractivity contribution in [2.24, 2.45) is 11.7 Å². The molecule has 2 atom stereocenters. The van der Waals surface area contributed by atoms with Crippen LogP contribution in [0.2, 0.25) is 0 Å². The van der Waals surface area contributed by atoms with Gasteiger partial charge in [0.2, 0.25) is 0 Å². The number of hydrogen-bond acceptors (Lipinski definition) is 2. The summed E-state index contributed by atoms with van der Waals surface area (Å²) in [4.78, 5) is 0. The monoisotopic (exact) mass is 198 g/mol. The standard InChI is InChI=1S/C12H26N2/c1-3-11(8-10(2)13)9-14-12-6-4-5-7-12/h10-12,14H,3-9,13H2,1-2H3. The van der Waals surface area contributed by atoms with Crippen molar-refractivity contribution in [2.75, 3.05) is 6.54 Å². The first-order valence-electron chi connectivity index (χ1n) is 6.21. The van der Waals surface area contributed by atoms with Crippen LogP contribution >= 0.6 is 0 Å². The van der Waals surface area contributed by atoms with Crippen LogP contribution in [0.15, 0.2) is 0 Å². The second-order valence-electron chi connectivity index (χ2n) is 4.88. The second kappa shape index (κ2) is 6.41. The molecule has 14 heavy (non-hydrogen) atoms. The van der Waals surface area contributed by atoms with E-state index >= 15 is 0 Å². The number of rotatable bonds is 6. The molecule has 1 aliphatic carbocycles. The van der Waals surface area contributed by atoms with Gasteiger partial charge < -0.3 is 11.1 Å². The molecule has 0 aliphatic heterocycles. The topological polar surface area (TPSA) is 38.0 Å². The zero-order valence-electron chi connectivity index (χ0n) is 9.76. The summed E-state index contributed by atoms with van der Waals surface area (Å²) >= 11 is 0. The lowest BCUT2D eigenvalue weighted by Crippen LogP contribution is -2.33. The van der Waals surface area contributed by atoms with Crippen LogP contribution in [0, 0.1) is 5.92 Å². The molecule has 0 spiro atoms. The lowest BCUT2D eigenvalue weighted by Gasteiger charge is -2.20. The Morgan fingerprint density at radius 2 is 2.00 bits per heavy atom. The van der Waals surface area contributed by atoms with E-state index in [4.69, 9.17) is 5.73 Å². The number of nitrogens with two attached hydrogens (primary N) is 1. The van der Waals surface area contributed by atoms with Gasteiger partial charge in [0.05, 0.1) is 0 Å². The number of hydrogen-bond donors (Lipinski definition) is 2. The molecular formula is C12H26N2. The van der Waals surface area contributed by atoms with Gasteiger partial charge in [-0.15, -0.1) is 0 Å². The summed E-state index contributed by atoms with van der Waals surface area (Å²) in [5, 5.41) is 3.68. The van der Waals surface area contributed by atoms with Crippen molar-refractivity contribution in [1.82, 2.24) is 5.32 Å². The maximum absolute atomic E-state index is 5.82. The van der Waals surface area contributed by atoms with Crippen molar-refractivity contribution in [1.29, 1.82) is 0 Å². The molecule has 1 aliphatic rings. The Kier molecular flexibility index (Phi) is 5.49. The molecule has 0 heterocycles. The Labute approximate surface area is 88.6 Å². The van der Waals surface area contributed by atoms with Crippen LogP contribution in [-0.4, -0.2) is 18.6 Å². The van der Waals surface area contributed by atoms with E-state index < -0.39 is 0 Å². The van der Waals surface area contributed by atoms with E-state index in [9.17, 15) is 0 Å².